The molecule has 0 bridgehead atoms. The third kappa shape index (κ3) is 5.30. The molecule has 1 N–H and O–H groups in total. The highest BCUT2D eigenvalue weighted by molar-refractivity contribution is 8.26. The molecule has 1 aliphatic rings. The molecule has 8 heteroatoms. The van der Waals surface area contributed by atoms with E-state index >= 15 is 0 Å². The molecule has 0 atom stereocenters. The third-order valence-electron chi connectivity index (χ3n) is 3.94. The summed E-state index contributed by atoms with van der Waals surface area (Å²) in [6.45, 7) is 3.10. The van der Waals surface area contributed by atoms with Crippen LogP contribution in [0.15, 0.2) is 29.2 Å². The first-order valence-corrected chi connectivity index (χ1v) is 9.96. The quantitative estimate of drug-likeness (QED) is 0.525. The second-order valence-corrected chi connectivity index (χ2v) is 7.74. The Hall–Kier alpha value is -1.41. The van der Waals surface area contributed by atoms with E-state index in [2.05, 4.69) is 0 Å². The van der Waals surface area contributed by atoms with Gasteiger partial charge in [0.25, 0.3) is 5.91 Å². The molecule has 0 spiro atoms. The van der Waals surface area contributed by atoms with Crippen molar-refractivity contribution in [3.05, 3.63) is 39.8 Å². The molecule has 1 heterocycles. The molecule has 0 saturated carbocycles. The number of hydrogen-bond donors (Lipinski definition) is 1. The number of halogens is 1. The van der Waals surface area contributed by atoms with Gasteiger partial charge in [-0.25, -0.2) is 0 Å². The number of carbonyl (C=O) groups excluding carboxylic acids is 2. The fraction of sp³-hybridized carbons (Fsp3) is 0.389. The van der Waals surface area contributed by atoms with Crippen molar-refractivity contribution in [1.82, 2.24) is 9.80 Å². The molecular formula is C18H21ClN2O3S2. The number of likely N-dealkylation sites (N-methyl/N-ethyl adjacent to an activating group) is 1. The summed E-state index contributed by atoms with van der Waals surface area (Å²) in [4.78, 5) is 28.3. The lowest BCUT2D eigenvalue weighted by Gasteiger charge is -2.20. The van der Waals surface area contributed by atoms with Crippen molar-refractivity contribution >= 4 is 57.8 Å². The maximum Gasteiger partial charge on any atom is 0.266 e. The average Bonchev–Trinajstić information content (AvgIpc) is 2.88. The van der Waals surface area contributed by atoms with Crippen LogP contribution in [0.3, 0.4) is 0 Å². The zero-order valence-corrected chi connectivity index (χ0v) is 16.9. The lowest BCUT2D eigenvalue weighted by molar-refractivity contribution is -0.132. The summed E-state index contributed by atoms with van der Waals surface area (Å²) < 4.78 is 0.489. The van der Waals surface area contributed by atoms with Gasteiger partial charge < -0.3 is 10.0 Å². The highest BCUT2D eigenvalue weighted by Gasteiger charge is 2.31. The molecular weight excluding hydrogens is 392 g/mol. The minimum Gasteiger partial charge on any atom is -0.395 e. The fourth-order valence-electron chi connectivity index (χ4n) is 2.55. The second-order valence-electron chi connectivity index (χ2n) is 5.66. The molecule has 0 aromatic heterocycles. The number of rotatable bonds is 8. The molecule has 0 unspecified atom stereocenters. The van der Waals surface area contributed by atoms with Crippen molar-refractivity contribution in [2.75, 3.05) is 26.2 Å². The van der Waals surface area contributed by atoms with Gasteiger partial charge in [-0.1, -0.05) is 53.8 Å². The van der Waals surface area contributed by atoms with Gasteiger partial charge in [0.15, 0.2) is 0 Å². The zero-order chi connectivity index (χ0) is 19.1. The monoisotopic (exact) mass is 412 g/mol. The zero-order valence-electron chi connectivity index (χ0n) is 14.5. The number of aliphatic hydroxyl groups is 1. The van der Waals surface area contributed by atoms with E-state index in [1.165, 1.54) is 16.7 Å². The number of benzene rings is 1. The van der Waals surface area contributed by atoms with Crippen molar-refractivity contribution in [1.29, 1.82) is 0 Å². The molecule has 1 fully saturated rings. The van der Waals surface area contributed by atoms with E-state index in [-0.39, 0.29) is 18.4 Å². The third-order valence-corrected chi connectivity index (χ3v) is 5.66. The summed E-state index contributed by atoms with van der Waals surface area (Å²) in [6, 6.07) is 7.30. The molecule has 5 nitrogen and oxygen atoms in total. The van der Waals surface area contributed by atoms with Gasteiger partial charge in [-0.15, -0.1) is 0 Å². The Morgan fingerprint density at radius 2 is 2.15 bits per heavy atom. The molecule has 140 valence electrons. The van der Waals surface area contributed by atoms with E-state index in [1.807, 2.05) is 25.1 Å². The van der Waals surface area contributed by atoms with Crippen molar-refractivity contribution < 1.29 is 14.7 Å². The van der Waals surface area contributed by atoms with Crippen LogP contribution >= 0.6 is 35.6 Å². The highest BCUT2D eigenvalue weighted by Crippen LogP contribution is 2.33. The number of nitrogens with zero attached hydrogens (tertiary/aromatic N) is 2. The number of amides is 2. The first kappa shape index (κ1) is 20.9. The summed E-state index contributed by atoms with van der Waals surface area (Å²) in [5.74, 6) is -0.186. The summed E-state index contributed by atoms with van der Waals surface area (Å²) >= 11 is 12.7. The molecule has 1 aliphatic heterocycles. The lowest BCUT2D eigenvalue weighted by Crippen LogP contribution is -2.34. The lowest BCUT2D eigenvalue weighted by atomic mass is 10.2. The van der Waals surface area contributed by atoms with Crippen LogP contribution in [0, 0.1) is 0 Å². The summed E-state index contributed by atoms with van der Waals surface area (Å²) in [6.07, 6.45) is 2.58. The predicted octanol–water partition coefficient (Wildman–Crippen LogP) is 3.16. The van der Waals surface area contributed by atoms with Gasteiger partial charge >= 0.3 is 0 Å². The van der Waals surface area contributed by atoms with Crippen LogP contribution in [0.1, 0.15) is 25.3 Å². The number of hydrogen-bond acceptors (Lipinski definition) is 5. The summed E-state index contributed by atoms with van der Waals surface area (Å²) in [5, 5.41) is 9.55. The Bertz CT molecular complexity index is 724. The number of thiocarbonyl (C=S) groups is 1. The Labute approximate surface area is 168 Å². The Morgan fingerprint density at radius 1 is 1.42 bits per heavy atom. The minimum absolute atomic E-state index is 0.0291. The topological polar surface area (TPSA) is 60.9 Å². The average molecular weight is 413 g/mol. The van der Waals surface area contributed by atoms with E-state index in [1.54, 1.807) is 17.0 Å². The molecule has 1 aromatic rings. The van der Waals surface area contributed by atoms with E-state index in [9.17, 15) is 9.59 Å². The van der Waals surface area contributed by atoms with Gasteiger partial charge in [0.1, 0.15) is 4.32 Å². The standard InChI is InChI=1S/C18H21ClN2O3S2/c1-2-20(10-11-22)16(23)8-5-9-21-17(24)15(26-18(21)25)12-13-6-3-4-7-14(13)19/h3-4,6-7,12,22H,2,5,8-11H2,1H3. The maximum atomic E-state index is 12.6. The summed E-state index contributed by atoms with van der Waals surface area (Å²) in [5.41, 5.74) is 0.771. The Morgan fingerprint density at radius 3 is 2.81 bits per heavy atom. The highest BCUT2D eigenvalue weighted by atomic mass is 35.5. The second kappa shape index (κ2) is 10.1. The van der Waals surface area contributed by atoms with Gasteiger partial charge in [-0.3, -0.25) is 14.5 Å². The number of aliphatic hydroxyl groups excluding tert-OH is 1. The van der Waals surface area contributed by atoms with E-state index in [0.717, 1.165) is 5.56 Å². The first-order chi connectivity index (χ1) is 12.5. The maximum absolute atomic E-state index is 12.6. The molecule has 1 aromatic carbocycles. The molecule has 0 aliphatic carbocycles. The number of thioether (sulfide) groups is 1. The smallest absolute Gasteiger partial charge is 0.266 e. The largest absolute Gasteiger partial charge is 0.395 e. The van der Waals surface area contributed by atoms with Crippen molar-refractivity contribution in [2.45, 2.75) is 19.8 Å². The van der Waals surface area contributed by atoms with Crippen LogP contribution in [0.25, 0.3) is 6.08 Å². The van der Waals surface area contributed by atoms with E-state index < -0.39 is 0 Å². The first-order valence-electron chi connectivity index (χ1n) is 8.36. The predicted molar refractivity (Wildman–Crippen MR) is 110 cm³/mol. The van der Waals surface area contributed by atoms with Gasteiger partial charge in [-0.05, 0) is 31.1 Å². The molecule has 2 rings (SSSR count). The van der Waals surface area contributed by atoms with Crippen LogP contribution in [0.4, 0.5) is 0 Å². The van der Waals surface area contributed by atoms with Crippen LogP contribution in [0.5, 0.6) is 0 Å². The molecule has 0 radical (unpaired) electrons. The van der Waals surface area contributed by atoms with Crippen LogP contribution in [-0.4, -0.2) is 57.3 Å². The Kier molecular flexibility index (Phi) is 8.09. The molecule has 26 heavy (non-hydrogen) atoms. The minimum atomic E-state index is -0.157. The van der Waals surface area contributed by atoms with Gasteiger partial charge in [-0.2, -0.15) is 0 Å². The van der Waals surface area contributed by atoms with Crippen LogP contribution < -0.4 is 0 Å². The Balaban J connectivity index is 1.95. The van der Waals surface area contributed by atoms with Gasteiger partial charge in [0, 0.05) is 31.1 Å². The SMILES string of the molecule is CCN(CCO)C(=O)CCCN1C(=O)C(=Cc2ccccc2Cl)SC1=S. The van der Waals surface area contributed by atoms with E-state index in [4.69, 9.17) is 28.9 Å². The van der Waals surface area contributed by atoms with Gasteiger partial charge in [0.2, 0.25) is 5.91 Å². The van der Waals surface area contributed by atoms with Crippen LogP contribution in [0.2, 0.25) is 5.02 Å². The van der Waals surface area contributed by atoms with Crippen molar-refractivity contribution in [2.24, 2.45) is 0 Å². The number of carbonyl (C=O) groups is 2. The van der Waals surface area contributed by atoms with Crippen molar-refractivity contribution in [3.63, 3.8) is 0 Å². The molecule has 2 amide bonds. The fourth-order valence-corrected chi connectivity index (χ4v) is 4.04. The molecule has 1 saturated heterocycles. The van der Waals surface area contributed by atoms with E-state index in [0.29, 0.717) is 46.7 Å². The van der Waals surface area contributed by atoms with Gasteiger partial charge in [0.05, 0.1) is 11.5 Å². The normalized spacial score (nSPS) is 15.8. The van der Waals surface area contributed by atoms with Crippen LogP contribution in [-0.2, 0) is 9.59 Å². The summed E-state index contributed by atoms with van der Waals surface area (Å²) in [7, 11) is 0. The van der Waals surface area contributed by atoms with Crippen molar-refractivity contribution in [3.8, 4) is 0 Å².